The molecule has 4 nitrogen and oxygen atoms in total. The Morgan fingerprint density at radius 2 is 2.19 bits per heavy atom. The number of ether oxygens (including phenoxy) is 1. The second-order valence-corrected chi connectivity index (χ2v) is 5.07. The molecule has 1 aromatic carbocycles. The number of hydrogen-bond donors (Lipinski definition) is 0. The lowest BCUT2D eigenvalue weighted by Gasteiger charge is -2.07. The topological polar surface area (TPSA) is 40.2 Å². The smallest absolute Gasteiger partial charge is 0.147 e. The van der Waals surface area contributed by atoms with Crippen LogP contribution in [0.15, 0.2) is 41.0 Å². The zero-order chi connectivity index (χ0) is 14.7. The van der Waals surface area contributed by atoms with Gasteiger partial charge in [0.15, 0.2) is 0 Å². The van der Waals surface area contributed by atoms with Crippen LogP contribution in [0.2, 0.25) is 0 Å². The maximum Gasteiger partial charge on any atom is 0.147 e. The molecule has 2 heterocycles. The number of para-hydroxylation sites is 1. The highest BCUT2D eigenvalue weighted by Crippen LogP contribution is 2.27. The van der Waals surface area contributed by atoms with Crippen LogP contribution in [0.4, 0.5) is 0 Å². The Bertz CT molecular complexity index is 719. The molecule has 0 fully saturated rings. The van der Waals surface area contributed by atoms with Gasteiger partial charge < -0.3 is 13.7 Å². The number of hydrogen-bond acceptors (Lipinski definition) is 3. The summed E-state index contributed by atoms with van der Waals surface area (Å²) in [4.78, 5) is 4.71. The van der Waals surface area contributed by atoms with E-state index in [2.05, 4.69) is 4.57 Å². The number of aromatic nitrogens is 2. The minimum absolute atomic E-state index is 0.533. The van der Waals surface area contributed by atoms with Gasteiger partial charge in [0, 0.05) is 12.3 Å². The van der Waals surface area contributed by atoms with Crippen molar-refractivity contribution in [1.82, 2.24) is 9.55 Å². The molecule has 0 aliphatic carbocycles. The van der Waals surface area contributed by atoms with Crippen molar-refractivity contribution >= 4 is 22.6 Å². The lowest BCUT2D eigenvalue weighted by atomic mass is 10.3. The summed E-state index contributed by atoms with van der Waals surface area (Å²) < 4.78 is 13.3. The molecule has 0 N–H and O–H groups in total. The number of alkyl halides is 1. The molecule has 0 radical (unpaired) electrons. The molecule has 2 aromatic heterocycles. The second-order valence-electron chi connectivity index (χ2n) is 4.69. The third-order valence-corrected chi connectivity index (χ3v) is 3.52. The van der Waals surface area contributed by atoms with E-state index < -0.39 is 0 Å². The number of halogens is 1. The quantitative estimate of drug-likeness (QED) is 0.649. The predicted molar refractivity (Wildman–Crippen MR) is 83.1 cm³/mol. The number of rotatable bonds is 6. The Morgan fingerprint density at radius 3 is 2.90 bits per heavy atom. The summed E-state index contributed by atoms with van der Waals surface area (Å²) in [5, 5.41) is 0. The summed E-state index contributed by atoms with van der Waals surface area (Å²) in [6.45, 7) is 3.23. The largest absolute Gasteiger partial charge is 0.492 e. The van der Waals surface area contributed by atoms with E-state index in [0.717, 1.165) is 28.4 Å². The lowest BCUT2D eigenvalue weighted by Crippen LogP contribution is -2.05. The molecule has 0 aliphatic rings. The molecule has 0 saturated heterocycles. The molecule has 0 aliphatic heterocycles. The molecule has 3 rings (SSSR count). The Balaban J connectivity index is 2.10. The summed E-state index contributed by atoms with van der Waals surface area (Å²) in [6.07, 6.45) is 2.39. The van der Waals surface area contributed by atoms with E-state index in [0.29, 0.717) is 25.5 Å². The van der Waals surface area contributed by atoms with Crippen LogP contribution < -0.4 is 4.74 Å². The molecule has 0 atom stereocenters. The van der Waals surface area contributed by atoms with E-state index in [-0.39, 0.29) is 0 Å². The summed E-state index contributed by atoms with van der Waals surface area (Å²) in [5.41, 5.74) is 1.92. The molecular formula is C16H17ClN2O2. The molecule has 110 valence electrons. The summed E-state index contributed by atoms with van der Waals surface area (Å²) in [5.74, 6) is 3.19. The fourth-order valence-corrected chi connectivity index (χ4v) is 2.62. The minimum atomic E-state index is 0.533. The van der Waals surface area contributed by atoms with Gasteiger partial charge in [-0.25, -0.2) is 4.98 Å². The third-order valence-electron chi connectivity index (χ3n) is 3.33. The average molecular weight is 305 g/mol. The zero-order valence-corrected chi connectivity index (χ0v) is 12.6. The Hall–Kier alpha value is -1.94. The molecule has 3 aromatic rings. The normalized spacial score (nSPS) is 11.1. The lowest BCUT2D eigenvalue weighted by molar-refractivity contribution is 0.343. The number of benzene rings is 1. The number of aryl methyl sites for hydroxylation is 1. The van der Waals surface area contributed by atoms with Gasteiger partial charge in [0.25, 0.3) is 0 Å². The first-order valence-electron chi connectivity index (χ1n) is 7.02. The van der Waals surface area contributed by atoms with Crippen molar-refractivity contribution in [2.45, 2.75) is 19.9 Å². The van der Waals surface area contributed by atoms with Crippen LogP contribution in [0.5, 0.6) is 5.75 Å². The maximum atomic E-state index is 5.91. The first-order valence-corrected chi connectivity index (χ1v) is 7.56. The molecular weight excluding hydrogens is 288 g/mol. The van der Waals surface area contributed by atoms with Gasteiger partial charge in [-0.3, -0.25) is 0 Å². The fourth-order valence-electron chi connectivity index (χ4n) is 2.45. The number of nitrogens with zero attached hydrogens (tertiary/aromatic N) is 2. The molecule has 0 amide bonds. The summed E-state index contributed by atoms with van der Waals surface area (Å²) in [6, 6.07) is 9.83. The first-order chi connectivity index (χ1) is 10.3. The highest BCUT2D eigenvalue weighted by Gasteiger charge is 2.15. The van der Waals surface area contributed by atoms with E-state index >= 15 is 0 Å². The summed E-state index contributed by atoms with van der Waals surface area (Å²) >= 11 is 5.91. The average Bonchev–Trinajstić information content (AvgIpc) is 3.10. The zero-order valence-electron chi connectivity index (χ0n) is 11.9. The molecule has 5 heteroatoms. The minimum Gasteiger partial charge on any atom is -0.492 e. The van der Waals surface area contributed by atoms with Crippen molar-refractivity contribution in [3.8, 4) is 5.75 Å². The molecule has 0 unspecified atom stereocenters. The van der Waals surface area contributed by atoms with Crippen LogP contribution in [-0.2, 0) is 13.0 Å². The van der Waals surface area contributed by atoms with Gasteiger partial charge in [0.05, 0.1) is 24.9 Å². The van der Waals surface area contributed by atoms with Crippen molar-refractivity contribution in [3.63, 3.8) is 0 Å². The molecule has 0 spiro atoms. The maximum absolute atomic E-state index is 5.91. The standard InChI is InChI=1S/C16H17ClN2O2/c1-2-20-14-7-3-6-13-16(14)18-15(8-9-17)19(13)11-12-5-4-10-21-12/h3-7,10H,2,8-9,11H2,1H3. The van der Waals surface area contributed by atoms with Crippen molar-refractivity contribution in [1.29, 1.82) is 0 Å². The highest BCUT2D eigenvalue weighted by atomic mass is 35.5. The first kappa shape index (κ1) is 14.0. The van der Waals surface area contributed by atoms with E-state index in [4.69, 9.17) is 25.7 Å². The fraction of sp³-hybridized carbons (Fsp3) is 0.312. The van der Waals surface area contributed by atoms with Gasteiger partial charge in [-0.05, 0) is 31.2 Å². The van der Waals surface area contributed by atoms with Gasteiger partial charge in [-0.2, -0.15) is 0 Å². The number of fused-ring (bicyclic) bond motifs is 1. The third kappa shape index (κ3) is 2.76. The van der Waals surface area contributed by atoms with E-state index in [1.165, 1.54) is 0 Å². The number of imidazole rings is 1. The van der Waals surface area contributed by atoms with Crippen LogP contribution in [0.3, 0.4) is 0 Å². The van der Waals surface area contributed by atoms with Crippen molar-refractivity contribution < 1.29 is 9.15 Å². The van der Waals surface area contributed by atoms with Gasteiger partial charge in [0.1, 0.15) is 22.9 Å². The van der Waals surface area contributed by atoms with E-state index in [1.807, 2.05) is 37.3 Å². The SMILES string of the molecule is CCOc1cccc2c1nc(CCCl)n2Cc1ccco1. The van der Waals surface area contributed by atoms with Crippen LogP contribution in [0.1, 0.15) is 18.5 Å². The Kier molecular flexibility index (Phi) is 4.15. The molecule has 0 saturated carbocycles. The summed E-state index contributed by atoms with van der Waals surface area (Å²) in [7, 11) is 0. The van der Waals surface area contributed by atoms with Gasteiger partial charge in [-0.1, -0.05) is 6.07 Å². The Labute approximate surface area is 128 Å². The van der Waals surface area contributed by atoms with Crippen LogP contribution in [-0.4, -0.2) is 22.0 Å². The van der Waals surface area contributed by atoms with Crippen LogP contribution in [0.25, 0.3) is 11.0 Å². The van der Waals surface area contributed by atoms with Crippen molar-refractivity contribution in [2.75, 3.05) is 12.5 Å². The van der Waals surface area contributed by atoms with Crippen LogP contribution in [0, 0.1) is 0 Å². The van der Waals surface area contributed by atoms with Crippen LogP contribution >= 0.6 is 11.6 Å². The molecule has 21 heavy (non-hydrogen) atoms. The van der Waals surface area contributed by atoms with Gasteiger partial charge >= 0.3 is 0 Å². The van der Waals surface area contributed by atoms with E-state index in [1.54, 1.807) is 6.26 Å². The highest BCUT2D eigenvalue weighted by molar-refractivity contribution is 6.17. The Morgan fingerprint density at radius 1 is 1.29 bits per heavy atom. The van der Waals surface area contributed by atoms with Gasteiger partial charge in [-0.15, -0.1) is 11.6 Å². The predicted octanol–water partition coefficient (Wildman–Crippen LogP) is 3.86. The van der Waals surface area contributed by atoms with Crippen molar-refractivity contribution in [3.05, 3.63) is 48.2 Å². The molecule has 0 bridgehead atoms. The second kappa shape index (κ2) is 6.22. The van der Waals surface area contributed by atoms with Gasteiger partial charge in [0.2, 0.25) is 0 Å². The van der Waals surface area contributed by atoms with Crippen molar-refractivity contribution in [2.24, 2.45) is 0 Å². The monoisotopic (exact) mass is 304 g/mol. The van der Waals surface area contributed by atoms with E-state index in [9.17, 15) is 0 Å². The number of furan rings is 1.